The maximum absolute atomic E-state index is 8.38. The summed E-state index contributed by atoms with van der Waals surface area (Å²) in [6.07, 6.45) is 0. The molecular formula is C16H14Br12N2Si6. The molecule has 2 aromatic rings. The molecule has 196 valence electrons. The molecule has 0 saturated carbocycles. The summed E-state index contributed by atoms with van der Waals surface area (Å²) >= 11 is 48.7. The van der Waals surface area contributed by atoms with Crippen LogP contribution in [-0.4, -0.2) is 26.1 Å². The van der Waals surface area contributed by atoms with E-state index in [0.29, 0.717) is 0 Å². The molecule has 0 aliphatic carbocycles. The van der Waals surface area contributed by atoms with Gasteiger partial charge in [0.1, 0.15) is 0 Å². The van der Waals surface area contributed by atoms with Crippen molar-refractivity contribution in [3.05, 3.63) is 70.8 Å². The smallest absolute Gasteiger partial charge is 0.192 e. The van der Waals surface area contributed by atoms with E-state index in [1.165, 1.54) is 11.1 Å². The monoisotopic (exact) mass is 1350 g/mol. The Morgan fingerprint density at radius 1 is 0.417 bits per heavy atom. The van der Waals surface area contributed by atoms with Gasteiger partial charge < -0.3 is 0 Å². The molecule has 0 unspecified atom stereocenters. The van der Waals surface area contributed by atoms with E-state index in [0.717, 1.165) is 11.1 Å². The highest BCUT2D eigenvalue weighted by atomic mass is 80.0. The first-order valence-electron chi connectivity index (χ1n) is 9.36. The number of hydrogen-bond acceptors (Lipinski definition) is 2. The van der Waals surface area contributed by atoms with Gasteiger partial charge in [-0.05, 0) is 38.1 Å². The van der Waals surface area contributed by atoms with Crippen molar-refractivity contribution in [2.45, 2.75) is 13.8 Å². The minimum Gasteiger partial charge on any atom is -0.192 e. The van der Waals surface area contributed by atoms with Crippen LogP contribution in [-0.2, 0) is 0 Å². The van der Waals surface area contributed by atoms with Crippen molar-refractivity contribution in [2.24, 2.45) is 0 Å². The van der Waals surface area contributed by atoms with E-state index >= 15 is 0 Å². The second kappa shape index (κ2) is 15.0. The second-order valence-electron chi connectivity index (χ2n) is 7.40. The van der Waals surface area contributed by atoms with Gasteiger partial charge in [0.25, 0.3) is 0 Å². The van der Waals surface area contributed by atoms with Gasteiger partial charge in [0.05, 0.1) is 23.3 Å². The summed E-state index contributed by atoms with van der Waals surface area (Å²) in [7, 11) is 0. The predicted molar refractivity (Wildman–Crippen MR) is 213 cm³/mol. The molecule has 0 spiro atoms. The molecule has 0 bridgehead atoms. The van der Waals surface area contributed by atoms with Gasteiger partial charge in [0.2, 0.25) is 26.1 Å². The van der Waals surface area contributed by atoms with Crippen LogP contribution in [0, 0.1) is 36.5 Å². The Labute approximate surface area is 311 Å². The average molecular weight is 1360 g/mol. The van der Waals surface area contributed by atoms with E-state index in [2.05, 4.69) is 196 Å². The zero-order valence-electron chi connectivity index (χ0n) is 18.0. The predicted octanol–water partition coefficient (Wildman–Crippen LogP) is 11.6. The van der Waals surface area contributed by atoms with E-state index in [9.17, 15) is 0 Å². The molecule has 1 saturated heterocycles. The number of nitrogens with zero attached hydrogens (tertiary/aromatic N) is 2. The topological polar surface area (TPSA) is 47.6 Å². The Morgan fingerprint density at radius 2 is 0.583 bits per heavy atom. The van der Waals surface area contributed by atoms with Crippen LogP contribution in [0.25, 0.3) is 0 Å². The SMILES string of the molecule is Br[Si]1(Br)[Si](Br)(Br)[Si](Br)(Br)[Si](Br)(Br)[Si](Br)(Br)[Si]1(Br)Br.Cc1ccc(C#N)cc1.Cc1ccc(C#N)cc1. The minimum atomic E-state index is -1.93. The molecule has 3 rings (SSSR count). The van der Waals surface area contributed by atoms with Crippen molar-refractivity contribution >= 4 is 210 Å². The standard InChI is InChI=1S/2C8H7N.Br12Si6/c2*1-7-2-4-8(6-9)5-3-7;1-13(2)14(3,4)16(7,8)18(11,12)17(9,10)15(13,5)6/h2*2-5H,1H3;. The van der Waals surface area contributed by atoms with Crippen LogP contribution in [0.15, 0.2) is 48.5 Å². The lowest BCUT2D eigenvalue weighted by molar-refractivity contribution is 1.43. The molecule has 0 radical (unpaired) electrons. The highest BCUT2D eigenvalue weighted by Crippen LogP contribution is 2.71. The van der Waals surface area contributed by atoms with Gasteiger partial charge in [0.15, 0.2) is 0 Å². The molecule has 0 amide bonds. The van der Waals surface area contributed by atoms with Crippen LogP contribution < -0.4 is 0 Å². The number of rotatable bonds is 0. The molecule has 0 aromatic heterocycles. The second-order valence-corrected chi connectivity index (χ2v) is 165. The molecular weight excluding hydrogens is 1350 g/mol. The average Bonchev–Trinajstić information content (AvgIpc) is 2.79. The lowest BCUT2D eigenvalue weighted by Crippen LogP contribution is -2.91. The Morgan fingerprint density at radius 3 is 0.722 bits per heavy atom. The molecule has 1 fully saturated rings. The maximum atomic E-state index is 8.38. The van der Waals surface area contributed by atoms with E-state index in [-0.39, 0.29) is 0 Å². The number of benzene rings is 2. The summed E-state index contributed by atoms with van der Waals surface area (Å²) in [5.74, 6) is 0. The van der Waals surface area contributed by atoms with Gasteiger partial charge in [-0.2, -0.15) is 10.5 Å². The number of hydrogen-bond donors (Lipinski definition) is 0. The zero-order chi connectivity index (χ0) is 28.4. The zero-order valence-corrected chi connectivity index (χ0v) is 43.1. The summed E-state index contributed by atoms with van der Waals surface area (Å²) in [5.41, 5.74) is 3.82. The fourth-order valence-corrected chi connectivity index (χ4v) is 598. The molecule has 2 aromatic carbocycles. The number of nitriles is 2. The Kier molecular flexibility index (Phi) is 16.0. The van der Waals surface area contributed by atoms with Crippen LogP contribution in [0.2, 0.25) is 0 Å². The van der Waals surface area contributed by atoms with Crippen LogP contribution in [0.3, 0.4) is 0 Å². The van der Waals surface area contributed by atoms with Crippen molar-refractivity contribution < 1.29 is 0 Å². The molecule has 1 heterocycles. The van der Waals surface area contributed by atoms with Gasteiger partial charge in [-0.15, -0.1) is 184 Å². The first kappa shape index (κ1) is 38.5. The van der Waals surface area contributed by atoms with Crippen LogP contribution in [0.4, 0.5) is 0 Å². The molecule has 36 heavy (non-hydrogen) atoms. The molecule has 0 N–H and O–H groups in total. The largest absolute Gasteiger partial charge is 0.229 e. The summed E-state index contributed by atoms with van der Waals surface area (Å²) in [6.45, 7) is 4.00. The highest BCUT2D eigenvalue weighted by Gasteiger charge is 2.90. The van der Waals surface area contributed by atoms with E-state index in [1.807, 2.05) is 62.4 Å². The van der Waals surface area contributed by atoms with E-state index < -0.39 is 26.1 Å². The van der Waals surface area contributed by atoms with E-state index in [1.54, 1.807) is 0 Å². The van der Waals surface area contributed by atoms with Gasteiger partial charge in [-0.3, -0.25) is 0 Å². The fourth-order valence-electron chi connectivity index (χ4n) is 2.44. The van der Waals surface area contributed by atoms with Crippen molar-refractivity contribution in [2.75, 3.05) is 0 Å². The van der Waals surface area contributed by atoms with Crippen LogP contribution in [0.1, 0.15) is 22.3 Å². The summed E-state index contributed by atoms with van der Waals surface area (Å²) < 4.78 is -11.6. The third-order valence-corrected chi connectivity index (χ3v) is 400. The normalized spacial score (nSPS) is 21.2. The van der Waals surface area contributed by atoms with Crippen molar-refractivity contribution in [3.63, 3.8) is 0 Å². The van der Waals surface area contributed by atoms with Gasteiger partial charge >= 0.3 is 0 Å². The molecule has 1 aliphatic heterocycles. The van der Waals surface area contributed by atoms with Gasteiger partial charge in [-0.1, -0.05) is 35.4 Å². The third kappa shape index (κ3) is 7.95. The third-order valence-electron chi connectivity index (χ3n) is 4.73. The number of aryl methyl sites for hydroxylation is 2. The Bertz CT molecular complexity index is 972. The van der Waals surface area contributed by atoms with Crippen molar-refractivity contribution in [3.8, 4) is 12.1 Å². The van der Waals surface area contributed by atoms with Crippen LogP contribution >= 0.6 is 184 Å². The lowest BCUT2D eigenvalue weighted by atomic mass is 10.2. The molecule has 1 aliphatic rings. The Balaban J connectivity index is 0.000000300. The first-order valence-corrected chi connectivity index (χ1v) is 54.4. The van der Waals surface area contributed by atoms with E-state index in [4.69, 9.17) is 10.5 Å². The fraction of sp³-hybridized carbons (Fsp3) is 0.125. The first-order chi connectivity index (χ1) is 16.2. The minimum absolute atomic E-state index is 0.723. The maximum Gasteiger partial charge on any atom is 0.229 e. The van der Waals surface area contributed by atoms with Crippen molar-refractivity contribution in [1.29, 1.82) is 10.5 Å². The molecule has 0 atom stereocenters. The van der Waals surface area contributed by atoms with Crippen LogP contribution in [0.5, 0.6) is 0 Å². The number of halogens is 12. The van der Waals surface area contributed by atoms with Gasteiger partial charge in [0, 0.05) is 0 Å². The highest BCUT2D eigenvalue weighted by molar-refractivity contribution is 9.89. The Hall–Kier alpha value is 4.48. The summed E-state index contributed by atoms with van der Waals surface area (Å²) in [4.78, 5) is 0. The summed E-state index contributed by atoms with van der Waals surface area (Å²) in [6, 6.07) is 19.1. The summed E-state index contributed by atoms with van der Waals surface area (Å²) in [5, 5.41) is 16.8. The quantitative estimate of drug-likeness (QED) is 0.195. The van der Waals surface area contributed by atoms with Crippen molar-refractivity contribution in [1.82, 2.24) is 0 Å². The van der Waals surface area contributed by atoms with Gasteiger partial charge in [-0.25, -0.2) is 0 Å². The lowest BCUT2D eigenvalue weighted by Gasteiger charge is -2.58. The molecule has 2 nitrogen and oxygen atoms in total. The molecule has 20 heteroatoms.